The minimum absolute atomic E-state index is 0.0586. The van der Waals surface area contributed by atoms with Crippen LogP contribution < -0.4 is 16.4 Å². The quantitative estimate of drug-likeness (QED) is 0.288. The standard InChI is InChI=1S/C13H19FN4O2/c1-3-13(4-2,11(15)18-20)17-12(19)16-10-7-5-9(14)6-8-10/h5-8,20H,3-4H2,1-2H3,(H2,15,18)(H2,16,17,19). The lowest BCUT2D eigenvalue weighted by Crippen LogP contribution is -2.57. The van der Waals surface area contributed by atoms with E-state index in [-0.39, 0.29) is 11.7 Å². The fraction of sp³-hybridized carbons (Fsp3) is 0.385. The van der Waals surface area contributed by atoms with Crippen LogP contribution in [0.15, 0.2) is 29.4 Å². The van der Waals surface area contributed by atoms with E-state index < -0.39 is 11.6 Å². The lowest BCUT2D eigenvalue weighted by Gasteiger charge is -2.31. The van der Waals surface area contributed by atoms with Gasteiger partial charge in [-0.15, -0.1) is 0 Å². The van der Waals surface area contributed by atoms with Crippen molar-refractivity contribution < 1.29 is 14.4 Å². The van der Waals surface area contributed by atoms with E-state index >= 15 is 0 Å². The molecule has 0 saturated heterocycles. The molecule has 2 amide bonds. The number of amides is 2. The molecular formula is C13H19FN4O2. The Bertz CT molecular complexity index is 484. The highest BCUT2D eigenvalue weighted by Gasteiger charge is 2.33. The molecule has 5 N–H and O–H groups in total. The molecule has 110 valence electrons. The number of carbonyl (C=O) groups excluding carboxylic acids is 1. The molecule has 0 fully saturated rings. The molecule has 0 aromatic heterocycles. The van der Waals surface area contributed by atoms with Gasteiger partial charge in [0.2, 0.25) is 0 Å². The number of rotatable bonds is 5. The molecule has 6 nitrogen and oxygen atoms in total. The van der Waals surface area contributed by atoms with Gasteiger partial charge in [-0.1, -0.05) is 19.0 Å². The number of benzene rings is 1. The normalized spacial score (nSPS) is 12.1. The van der Waals surface area contributed by atoms with E-state index in [1.54, 1.807) is 0 Å². The number of nitrogens with two attached hydrogens (primary N) is 1. The molecule has 1 aromatic carbocycles. The average Bonchev–Trinajstić information content (AvgIpc) is 2.46. The van der Waals surface area contributed by atoms with Crippen molar-refractivity contribution in [3.05, 3.63) is 30.1 Å². The molecule has 20 heavy (non-hydrogen) atoms. The van der Waals surface area contributed by atoms with Gasteiger partial charge in [0.15, 0.2) is 5.84 Å². The summed E-state index contributed by atoms with van der Waals surface area (Å²) < 4.78 is 12.8. The van der Waals surface area contributed by atoms with Crippen molar-refractivity contribution in [3.63, 3.8) is 0 Å². The Labute approximate surface area is 116 Å². The fourth-order valence-corrected chi connectivity index (χ4v) is 1.86. The van der Waals surface area contributed by atoms with E-state index in [2.05, 4.69) is 15.8 Å². The molecular weight excluding hydrogens is 263 g/mol. The van der Waals surface area contributed by atoms with Crippen molar-refractivity contribution in [1.82, 2.24) is 5.32 Å². The number of halogens is 1. The monoisotopic (exact) mass is 282 g/mol. The summed E-state index contributed by atoms with van der Waals surface area (Å²) in [7, 11) is 0. The number of hydrogen-bond donors (Lipinski definition) is 4. The van der Waals surface area contributed by atoms with Gasteiger partial charge in [0.05, 0.1) is 0 Å². The Morgan fingerprint density at radius 1 is 1.35 bits per heavy atom. The zero-order chi connectivity index (χ0) is 15.2. The molecule has 1 rings (SSSR count). The molecule has 7 heteroatoms. The van der Waals surface area contributed by atoms with Crippen LogP contribution in [-0.4, -0.2) is 22.6 Å². The Balaban J connectivity index is 2.79. The largest absolute Gasteiger partial charge is 0.409 e. The Hall–Kier alpha value is -2.31. The molecule has 0 heterocycles. The van der Waals surface area contributed by atoms with E-state index in [0.717, 1.165) is 0 Å². The number of nitrogens with zero attached hydrogens (tertiary/aromatic N) is 1. The van der Waals surface area contributed by atoms with Gasteiger partial charge in [0.25, 0.3) is 0 Å². The third kappa shape index (κ3) is 3.59. The van der Waals surface area contributed by atoms with E-state index in [1.165, 1.54) is 24.3 Å². The smallest absolute Gasteiger partial charge is 0.320 e. The lowest BCUT2D eigenvalue weighted by molar-refractivity contribution is 0.241. The molecule has 0 atom stereocenters. The summed E-state index contributed by atoms with van der Waals surface area (Å²) in [6.45, 7) is 3.64. The van der Waals surface area contributed by atoms with Crippen LogP contribution in [0.25, 0.3) is 0 Å². The van der Waals surface area contributed by atoms with Gasteiger partial charge in [-0.3, -0.25) is 0 Å². The molecule has 0 aliphatic heterocycles. The molecule has 0 spiro atoms. The summed E-state index contributed by atoms with van der Waals surface area (Å²) in [6.07, 6.45) is 0.937. The molecule has 0 radical (unpaired) electrons. The minimum Gasteiger partial charge on any atom is -0.409 e. The Kier molecular flexibility index (Phi) is 5.31. The Morgan fingerprint density at radius 3 is 2.35 bits per heavy atom. The van der Waals surface area contributed by atoms with Gasteiger partial charge in [0, 0.05) is 5.69 Å². The van der Waals surface area contributed by atoms with Crippen LogP contribution in [0, 0.1) is 5.82 Å². The predicted octanol–water partition coefficient (Wildman–Crippen LogP) is 2.25. The van der Waals surface area contributed by atoms with Crippen LogP contribution in [0.1, 0.15) is 26.7 Å². The maximum atomic E-state index is 12.8. The van der Waals surface area contributed by atoms with Crippen LogP contribution in [0.4, 0.5) is 14.9 Å². The van der Waals surface area contributed by atoms with Gasteiger partial charge in [-0.25, -0.2) is 9.18 Å². The number of anilines is 1. The first-order valence-corrected chi connectivity index (χ1v) is 6.30. The van der Waals surface area contributed by atoms with E-state index in [9.17, 15) is 9.18 Å². The lowest BCUT2D eigenvalue weighted by atomic mass is 9.91. The Morgan fingerprint density at radius 2 is 1.90 bits per heavy atom. The average molecular weight is 282 g/mol. The molecule has 1 aromatic rings. The van der Waals surface area contributed by atoms with E-state index in [1.807, 2.05) is 13.8 Å². The molecule has 0 bridgehead atoms. The van der Waals surface area contributed by atoms with Crippen molar-refractivity contribution in [2.24, 2.45) is 10.9 Å². The second-order valence-corrected chi connectivity index (χ2v) is 4.36. The number of carbonyl (C=O) groups is 1. The van der Waals surface area contributed by atoms with Crippen LogP contribution in [-0.2, 0) is 0 Å². The molecule has 0 aliphatic carbocycles. The zero-order valence-corrected chi connectivity index (χ0v) is 11.5. The van der Waals surface area contributed by atoms with Crippen LogP contribution in [0.5, 0.6) is 0 Å². The van der Waals surface area contributed by atoms with Gasteiger partial charge in [-0.05, 0) is 37.1 Å². The first-order valence-electron chi connectivity index (χ1n) is 6.30. The maximum Gasteiger partial charge on any atom is 0.320 e. The van der Waals surface area contributed by atoms with Crippen molar-refractivity contribution >= 4 is 17.6 Å². The number of amidine groups is 1. The van der Waals surface area contributed by atoms with Crippen LogP contribution in [0.3, 0.4) is 0 Å². The van der Waals surface area contributed by atoms with Crippen molar-refractivity contribution in [2.45, 2.75) is 32.2 Å². The third-order valence-electron chi connectivity index (χ3n) is 3.26. The summed E-state index contributed by atoms with van der Waals surface area (Å²) in [5, 5.41) is 17.0. The number of nitrogens with one attached hydrogen (secondary N) is 2. The number of hydrogen-bond acceptors (Lipinski definition) is 3. The van der Waals surface area contributed by atoms with Gasteiger partial charge < -0.3 is 21.6 Å². The van der Waals surface area contributed by atoms with Crippen molar-refractivity contribution in [2.75, 3.05) is 5.32 Å². The highest BCUT2D eigenvalue weighted by Crippen LogP contribution is 2.16. The first kappa shape index (κ1) is 15.7. The van der Waals surface area contributed by atoms with Crippen LogP contribution in [0.2, 0.25) is 0 Å². The highest BCUT2D eigenvalue weighted by molar-refractivity contribution is 5.97. The minimum atomic E-state index is -0.918. The van der Waals surface area contributed by atoms with Gasteiger partial charge in [0.1, 0.15) is 11.4 Å². The second-order valence-electron chi connectivity index (χ2n) is 4.36. The SMILES string of the molecule is CCC(CC)(NC(=O)Nc1ccc(F)cc1)/C(N)=N/O. The number of oxime groups is 1. The summed E-state index contributed by atoms with van der Waals surface area (Å²) >= 11 is 0. The van der Waals surface area contributed by atoms with Crippen LogP contribution >= 0.6 is 0 Å². The molecule has 0 aliphatic rings. The number of urea groups is 1. The summed E-state index contributed by atoms with van der Waals surface area (Å²) in [5.74, 6) is -0.444. The van der Waals surface area contributed by atoms with E-state index in [4.69, 9.17) is 10.9 Å². The summed E-state index contributed by atoms with van der Waals surface area (Å²) in [6, 6.07) is 4.86. The fourth-order valence-electron chi connectivity index (χ4n) is 1.86. The van der Waals surface area contributed by atoms with Crippen molar-refractivity contribution in [3.8, 4) is 0 Å². The molecule has 0 unspecified atom stereocenters. The highest BCUT2D eigenvalue weighted by atomic mass is 19.1. The summed E-state index contributed by atoms with van der Waals surface area (Å²) in [4.78, 5) is 11.9. The van der Waals surface area contributed by atoms with Gasteiger partial charge >= 0.3 is 6.03 Å². The third-order valence-corrected chi connectivity index (χ3v) is 3.26. The zero-order valence-electron chi connectivity index (χ0n) is 11.5. The second kappa shape index (κ2) is 6.74. The summed E-state index contributed by atoms with van der Waals surface area (Å²) in [5.41, 5.74) is 5.17. The molecule has 0 saturated carbocycles. The van der Waals surface area contributed by atoms with Crippen molar-refractivity contribution in [1.29, 1.82) is 0 Å². The van der Waals surface area contributed by atoms with Gasteiger partial charge in [-0.2, -0.15) is 0 Å². The maximum absolute atomic E-state index is 12.8. The predicted molar refractivity (Wildman–Crippen MR) is 75.3 cm³/mol. The topological polar surface area (TPSA) is 99.7 Å². The first-order chi connectivity index (χ1) is 9.47. The van der Waals surface area contributed by atoms with E-state index in [0.29, 0.717) is 18.5 Å².